The summed E-state index contributed by atoms with van der Waals surface area (Å²) < 4.78 is 1.23. The van der Waals surface area contributed by atoms with Gasteiger partial charge in [0.2, 0.25) is 0 Å². The van der Waals surface area contributed by atoms with Gasteiger partial charge in [0.15, 0.2) is 0 Å². The average Bonchev–Trinajstić information content (AvgIpc) is 2.98. The van der Waals surface area contributed by atoms with Crippen molar-refractivity contribution in [1.82, 2.24) is 9.80 Å². The van der Waals surface area contributed by atoms with Crippen molar-refractivity contribution in [3.05, 3.63) is 20.3 Å². The van der Waals surface area contributed by atoms with Crippen molar-refractivity contribution < 1.29 is 0 Å². The number of thiophene rings is 1. The van der Waals surface area contributed by atoms with E-state index in [0.29, 0.717) is 6.04 Å². The molecule has 0 amide bonds. The van der Waals surface area contributed by atoms with Gasteiger partial charge < -0.3 is 5.73 Å². The Labute approximate surface area is 127 Å². The molecule has 2 atom stereocenters. The lowest BCUT2D eigenvalue weighted by Crippen LogP contribution is -2.52. The minimum atomic E-state index is 0.401. The molecule has 0 bridgehead atoms. The molecular weight excluding hydrogens is 322 g/mol. The number of piperazine rings is 1. The molecule has 2 aliphatic rings. The number of hydrogen-bond donors (Lipinski definition) is 1. The number of halogens is 1. The maximum Gasteiger partial charge on any atom is 0.0565 e. The lowest BCUT2D eigenvalue weighted by Gasteiger charge is -2.41. The van der Waals surface area contributed by atoms with E-state index in [1.165, 1.54) is 46.7 Å². The van der Waals surface area contributed by atoms with Crippen molar-refractivity contribution in [3.8, 4) is 0 Å². The zero-order chi connectivity index (χ0) is 13.4. The number of rotatable bonds is 3. The zero-order valence-corrected chi connectivity index (χ0v) is 13.8. The third kappa shape index (κ3) is 2.76. The number of nitrogens with zero attached hydrogens (tertiary/aromatic N) is 2. The molecule has 1 aromatic rings. The summed E-state index contributed by atoms with van der Waals surface area (Å²) in [5, 5.41) is 0. The molecule has 0 aliphatic carbocycles. The molecule has 2 aliphatic heterocycles. The summed E-state index contributed by atoms with van der Waals surface area (Å²) in [6.45, 7) is 7.76. The van der Waals surface area contributed by atoms with Crippen molar-refractivity contribution in [2.75, 3.05) is 32.7 Å². The Morgan fingerprint density at radius 2 is 2.32 bits per heavy atom. The van der Waals surface area contributed by atoms with Gasteiger partial charge in [-0.3, -0.25) is 9.80 Å². The molecule has 0 spiro atoms. The van der Waals surface area contributed by atoms with E-state index in [2.05, 4.69) is 38.7 Å². The van der Waals surface area contributed by atoms with Crippen LogP contribution in [0.25, 0.3) is 0 Å². The third-order valence-electron chi connectivity index (χ3n) is 4.49. The summed E-state index contributed by atoms with van der Waals surface area (Å²) in [7, 11) is 0. The highest BCUT2D eigenvalue weighted by Crippen LogP contribution is 2.34. The van der Waals surface area contributed by atoms with Gasteiger partial charge in [0, 0.05) is 46.4 Å². The van der Waals surface area contributed by atoms with Crippen LogP contribution in [-0.2, 0) is 0 Å². The van der Waals surface area contributed by atoms with E-state index in [0.717, 1.165) is 19.1 Å². The van der Waals surface area contributed by atoms with Crippen LogP contribution in [0.2, 0.25) is 0 Å². The van der Waals surface area contributed by atoms with E-state index < -0.39 is 0 Å². The fourth-order valence-corrected chi connectivity index (χ4v) is 5.10. The van der Waals surface area contributed by atoms with Gasteiger partial charge in [0.1, 0.15) is 0 Å². The molecule has 0 saturated carbocycles. The fraction of sp³-hybridized carbons (Fsp3) is 0.714. The van der Waals surface area contributed by atoms with Crippen LogP contribution in [0.1, 0.15) is 28.6 Å². The number of nitrogens with two attached hydrogens (primary N) is 1. The van der Waals surface area contributed by atoms with E-state index in [9.17, 15) is 0 Å². The Morgan fingerprint density at radius 1 is 1.47 bits per heavy atom. The number of hydrogen-bond acceptors (Lipinski definition) is 4. The molecule has 2 N–H and O–H groups in total. The lowest BCUT2D eigenvalue weighted by molar-refractivity contribution is 0.0748. The first-order valence-electron chi connectivity index (χ1n) is 7.13. The first kappa shape index (κ1) is 14.0. The fourth-order valence-electron chi connectivity index (χ4n) is 3.39. The van der Waals surface area contributed by atoms with Gasteiger partial charge in [-0.05, 0) is 48.3 Å². The summed E-state index contributed by atoms with van der Waals surface area (Å²) in [5.41, 5.74) is 6.07. The Morgan fingerprint density at radius 3 is 3.00 bits per heavy atom. The highest BCUT2D eigenvalue weighted by Gasteiger charge is 2.33. The van der Waals surface area contributed by atoms with Gasteiger partial charge in [0.05, 0.1) is 6.04 Å². The van der Waals surface area contributed by atoms with E-state index in [1.54, 1.807) is 0 Å². The van der Waals surface area contributed by atoms with Gasteiger partial charge in [-0.15, -0.1) is 11.3 Å². The second kappa shape index (κ2) is 5.82. The lowest BCUT2D eigenvalue weighted by atomic mass is 10.1. The van der Waals surface area contributed by atoms with Crippen molar-refractivity contribution in [1.29, 1.82) is 0 Å². The highest BCUT2D eigenvalue weighted by atomic mass is 79.9. The van der Waals surface area contributed by atoms with Crippen molar-refractivity contribution in [2.24, 2.45) is 5.73 Å². The SMILES string of the molecule is Cc1sc(C(CN)N2CCN3CCCC3C2)cc1Br. The minimum Gasteiger partial charge on any atom is -0.329 e. The van der Waals surface area contributed by atoms with E-state index in [-0.39, 0.29) is 0 Å². The number of aryl methyl sites for hydroxylation is 1. The molecule has 3 rings (SSSR count). The molecule has 2 fully saturated rings. The highest BCUT2D eigenvalue weighted by molar-refractivity contribution is 9.10. The van der Waals surface area contributed by atoms with Gasteiger partial charge in [-0.1, -0.05) is 0 Å². The Balaban J connectivity index is 1.75. The van der Waals surface area contributed by atoms with Crippen molar-refractivity contribution in [2.45, 2.75) is 31.8 Å². The van der Waals surface area contributed by atoms with Crippen LogP contribution in [-0.4, -0.2) is 48.6 Å². The Kier molecular flexibility index (Phi) is 4.29. The van der Waals surface area contributed by atoms with Crippen molar-refractivity contribution >= 4 is 27.3 Å². The third-order valence-corrected chi connectivity index (χ3v) is 6.73. The van der Waals surface area contributed by atoms with Gasteiger partial charge >= 0.3 is 0 Å². The van der Waals surface area contributed by atoms with E-state index in [1.807, 2.05) is 11.3 Å². The summed E-state index contributed by atoms with van der Waals surface area (Å²) in [6, 6.07) is 3.43. The molecule has 5 heteroatoms. The topological polar surface area (TPSA) is 32.5 Å². The van der Waals surface area contributed by atoms with Gasteiger partial charge in [0.25, 0.3) is 0 Å². The predicted octanol–water partition coefficient (Wildman–Crippen LogP) is 2.60. The van der Waals surface area contributed by atoms with Crippen LogP contribution in [0.5, 0.6) is 0 Å². The smallest absolute Gasteiger partial charge is 0.0565 e. The maximum absolute atomic E-state index is 6.07. The van der Waals surface area contributed by atoms with Crippen LogP contribution < -0.4 is 5.73 Å². The second-order valence-electron chi connectivity index (χ2n) is 5.63. The molecular formula is C14H22BrN3S. The molecule has 1 aromatic heterocycles. The molecule has 3 heterocycles. The summed E-state index contributed by atoms with van der Waals surface area (Å²) in [6.07, 6.45) is 2.73. The predicted molar refractivity (Wildman–Crippen MR) is 84.7 cm³/mol. The van der Waals surface area contributed by atoms with Crippen molar-refractivity contribution in [3.63, 3.8) is 0 Å². The molecule has 2 saturated heterocycles. The summed E-state index contributed by atoms with van der Waals surface area (Å²) in [5.74, 6) is 0. The van der Waals surface area contributed by atoms with E-state index in [4.69, 9.17) is 5.73 Å². The molecule has 19 heavy (non-hydrogen) atoms. The average molecular weight is 344 g/mol. The summed E-state index contributed by atoms with van der Waals surface area (Å²) in [4.78, 5) is 8.02. The first-order valence-corrected chi connectivity index (χ1v) is 8.74. The first-order chi connectivity index (χ1) is 9.19. The second-order valence-corrected chi connectivity index (χ2v) is 7.77. The molecule has 3 nitrogen and oxygen atoms in total. The standard InChI is InChI=1S/C14H22BrN3S/c1-10-12(15)7-14(19-10)13(8-16)18-6-5-17-4-2-3-11(17)9-18/h7,11,13H,2-6,8-9,16H2,1H3. The maximum atomic E-state index is 6.07. The number of fused-ring (bicyclic) bond motifs is 1. The molecule has 106 valence electrons. The van der Waals surface area contributed by atoms with Crippen LogP contribution in [0.4, 0.5) is 0 Å². The van der Waals surface area contributed by atoms with E-state index >= 15 is 0 Å². The quantitative estimate of drug-likeness (QED) is 0.915. The zero-order valence-electron chi connectivity index (χ0n) is 11.4. The Hall–Kier alpha value is 0.0600. The van der Waals surface area contributed by atoms with Crippen LogP contribution in [0.15, 0.2) is 10.5 Å². The molecule has 2 unspecified atom stereocenters. The molecule has 0 radical (unpaired) electrons. The van der Waals surface area contributed by atoms with Crippen LogP contribution >= 0.6 is 27.3 Å². The van der Waals surface area contributed by atoms with Crippen LogP contribution in [0.3, 0.4) is 0 Å². The van der Waals surface area contributed by atoms with Gasteiger partial charge in [-0.25, -0.2) is 0 Å². The Bertz CT molecular complexity index is 428. The monoisotopic (exact) mass is 343 g/mol. The largest absolute Gasteiger partial charge is 0.329 e. The molecule has 0 aromatic carbocycles. The normalized spacial score (nSPS) is 26.6. The summed E-state index contributed by atoms with van der Waals surface area (Å²) >= 11 is 5.51. The minimum absolute atomic E-state index is 0.401. The van der Waals surface area contributed by atoms with Gasteiger partial charge in [-0.2, -0.15) is 0 Å². The van der Waals surface area contributed by atoms with Crippen LogP contribution in [0, 0.1) is 6.92 Å².